The summed E-state index contributed by atoms with van der Waals surface area (Å²) in [5.41, 5.74) is 0. The van der Waals surface area contributed by atoms with Gasteiger partial charge in [0.25, 0.3) is 11.9 Å². The second-order valence-corrected chi connectivity index (χ2v) is 3.07. The van der Waals surface area contributed by atoms with Crippen LogP contribution in [0.5, 0.6) is 0 Å². The van der Waals surface area contributed by atoms with Gasteiger partial charge in [0.2, 0.25) is 0 Å². The quantitative estimate of drug-likeness (QED) is 0.701. The molecule has 13 heavy (non-hydrogen) atoms. The zero-order valence-corrected chi connectivity index (χ0v) is 8.07. The molecule has 0 aliphatic heterocycles. The van der Waals surface area contributed by atoms with Gasteiger partial charge in [0.1, 0.15) is 0 Å². The average molecular weight is 182 g/mol. The summed E-state index contributed by atoms with van der Waals surface area (Å²) in [7, 11) is 1.72. The third-order valence-electron chi connectivity index (χ3n) is 1.37. The van der Waals surface area contributed by atoms with Gasteiger partial charge in [-0.25, -0.2) is 0 Å². The molecule has 0 aliphatic carbocycles. The molecule has 72 valence electrons. The van der Waals surface area contributed by atoms with Crippen LogP contribution in [0.2, 0.25) is 0 Å². The van der Waals surface area contributed by atoms with Crippen LogP contribution in [-0.4, -0.2) is 34.0 Å². The van der Waals surface area contributed by atoms with Gasteiger partial charge in [0, 0.05) is 13.6 Å². The topological polar surface area (TPSA) is 75.6 Å². The van der Waals surface area contributed by atoms with E-state index >= 15 is 0 Å². The van der Waals surface area contributed by atoms with Gasteiger partial charge in [0.05, 0.1) is 0 Å². The van der Waals surface area contributed by atoms with Crippen LogP contribution in [0.15, 0.2) is 0 Å². The maximum absolute atomic E-state index is 3.82. The summed E-state index contributed by atoms with van der Waals surface area (Å²) in [5.74, 6) is 1.44. The van der Waals surface area contributed by atoms with Gasteiger partial charge < -0.3 is 10.6 Å². The number of anilines is 2. The predicted octanol–water partition coefficient (Wildman–Crippen LogP) is 0.376. The minimum absolute atomic E-state index is 0.426. The highest BCUT2D eigenvalue weighted by Crippen LogP contribution is 1.97. The largest absolute Gasteiger partial charge is 0.355 e. The Bertz CT molecular complexity index is 244. The Hall–Kier alpha value is -1.46. The Balaban J connectivity index is 2.49. The van der Waals surface area contributed by atoms with Gasteiger partial charge in [-0.05, 0) is 5.92 Å². The van der Waals surface area contributed by atoms with Crippen molar-refractivity contribution in [2.24, 2.45) is 5.92 Å². The molecule has 0 saturated carbocycles. The lowest BCUT2D eigenvalue weighted by Crippen LogP contribution is -2.12. The SMILES string of the molecule is CNc1nnc(NCC(C)C)nn1. The summed E-state index contributed by atoms with van der Waals surface area (Å²) in [6, 6.07) is 0. The Morgan fingerprint density at radius 1 is 1.08 bits per heavy atom. The molecule has 2 N–H and O–H groups in total. The van der Waals surface area contributed by atoms with Crippen LogP contribution >= 0.6 is 0 Å². The molecule has 1 rings (SSSR count). The third-order valence-corrected chi connectivity index (χ3v) is 1.37. The lowest BCUT2D eigenvalue weighted by Gasteiger charge is -2.05. The Morgan fingerprint density at radius 3 is 2.08 bits per heavy atom. The molecule has 1 aromatic heterocycles. The van der Waals surface area contributed by atoms with Gasteiger partial charge in [0.15, 0.2) is 0 Å². The van der Waals surface area contributed by atoms with Crippen LogP contribution in [0, 0.1) is 5.92 Å². The number of hydrogen-bond acceptors (Lipinski definition) is 6. The first-order valence-corrected chi connectivity index (χ1v) is 4.21. The fraction of sp³-hybridized carbons (Fsp3) is 0.714. The predicted molar refractivity (Wildman–Crippen MR) is 50.5 cm³/mol. The van der Waals surface area contributed by atoms with Crippen molar-refractivity contribution < 1.29 is 0 Å². The molecule has 1 heterocycles. The fourth-order valence-electron chi connectivity index (χ4n) is 0.696. The zero-order chi connectivity index (χ0) is 9.68. The minimum Gasteiger partial charge on any atom is -0.355 e. The first kappa shape index (κ1) is 9.63. The summed E-state index contributed by atoms with van der Waals surface area (Å²) < 4.78 is 0. The van der Waals surface area contributed by atoms with E-state index in [9.17, 15) is 0 Å². The maximum Gasteiger partial charge on any atom is 0.262 e. The van der Waals surface area contributed by atoms with Crippen LogP contribution in [0.1, 0.15) is 13.8 Å². The smallest absolute Gasteiger partial charge is 0.262 e. The maximum atomic E-state index is 3.82. The molecule has 0 amide bonds. The molecule has 0 aliphatic rings. The van der Waals surface area contributed by atoms with E-state index in [0.717, 1.165) is 6.54 Å². The van der Waals surface area contributed by atoms with Gasteiger partial charge in [-0.2, -0.15) is 0 Å². The Morgan fingerprint density at radius 2 is 1.62 bits per heavy atom. The van der Waals surface area contributed by atoms with Crippen molar-refractivity contribution in [2.45, 2.75) is 13.8 Å². The Labute approximate surface area is 77.2 Å². The molecule has 0 fully saturated rings. The van der Waals surface area contributed by atoms with Gasteiger partial charge in [-0.3, -0.25) is 0 Å². The lowest BCUT2D eigenvalue weighted by atomic mass is 10.2. The fourth-order valence-corrected chi connectivity index (χ4v) is 0.696. The molecular formula is C7H14N6. The number of nitrogens with one attached hydrogen (secondary N) is 2. The molecule has 0 aromatic carbocycles. The second-order valence-electron chi connectivity index (χ2n) is 3.07. The monoisotopic (exact) mass is 182 g/mol. The van der Waals surface area contributed by atoms with Crippen LogP contribution in [-0.2, 0) is 0 Å². The normalized spacial score (nSPS) is 10.2. The molecule has 0 atom stereocenters. The van der Waals surface area contributed by atoms with E-state index in [1.54, 1.807) is 7.05 Å². The number of rotatable bonds is 4. The summed E-state index contributed by atoms with van der Waals surface area (Å²) in [6.07, 6.45) is 0. The highest BCUT2D eigenvalue weighted by Gasteiger charge is 1.99. The van der Waals surface area contributed by atoms with E-state index in [2.05, 4.69) is 44.9 Å². The lowest BCUT2D eigenvalue weighted by molar-refractivity contribution is 0.679. The van der Waals surface area contributed by atoms with Gasteiger partial charge in [-0.15, -0.1) is 20.4 Å². The van der Waals surface area contributed by atoms with Crippen molar-refractivity contribution in [3.8, 4) is 0 Å². The third kappa shape index (κ3) is 3.18. The van der Waals surface area contributed by atoms with Crippen molar-refractivity contribution in [1.82, 2.24) is 20.4 Å². The summed E-state index contributed by atoms with van der Waals surface area (Å²) in [6.45, 7) is 5.04. The first-order valence-electron chi connectivity index (χ1n) is 4.21. The van der Waals surface area contributed by atoms with Gasteiger partial charge >= 0.3 is 0 Å². The average Bonchev–Trinajstić information content (AvgIpc) is 2.15. The van der Waals surface area contributed by atoms with E-state index in [-0.39, 0.29) is 0 Å². The van der Waals surface area contributed by atoms with Crippen molar-refractivity contribution in [3.63, 3.8) is 0 Å². The summed E-state index contributed by atoms with van der Waals surface area (Å²) in [4.78, 5) is 0. The van der Waals surface area contributed by atoms with E-state index in [1.807, 2.05) is 0 Å². The molecular weight excluding hydrogens is 168 g/mol. The van der Waals surface area contributed by atoms with E-state index in [0.29, 0.717) is 17.8 Å². The standard InChI is InChI=1S/C7H14N6/c1-5(2)4-9-7-12-10-6(8-3)11-13-7/h5H,4H2,1-3H3,(H,8,10,11)(H,9,12,13). The highest BCUT2D eigenvalue weighted by molar-refractivity contribution is 5.24. The molecule has 0 saturated heterocycles. The van der Waals surface area contributed by atoms with Crippen LogP contribution < -0.4 is 10.6 Å². The summed E-state index contributed by atoms with van der Waals surface area (Å²) >= 11 is 0. The van der Waals surface area contributed by atoms with E-state index in [1.165, 1.54) is 0 Å². The number of nitrogens with zero attached hydrogens (tertiary/aromatic N) is 4. The number of aromatic nitrogens is 4. The first-order chi connectivity index (χ1) is 6.22. The molecule has 0 spiro atoms. The summed E-state index contributed by atoms with van der Waals surface area (Å²) in [5, 5.41) is 21.0. The van der Waals surface area contributed by atoms with E-state index < -0.39 is 0 Å². The molecule has 6 nitrogen and oxygen atoms in total. The zero-order valence-electron chi connectivity index (χ0n) is 8.07. The molecule has 0 radical (unpaired) electrons. The van der Waals surface area contributed by atoms with Crippen molar-refractivity contribution in [1.29, 1.82) is 0 Å². The minimum atomic E-state index is 0.426. The van der Waals surface area contributed by atoms with Crippen LogP contribution in [0.25, 0.3) is 0 Å². The van der Waals surface area contributed by atoms with Crippen LogP contribution in [0.3, 0.4) is 0 Å². The number of hydrogen-bond donors (Lipinski definition) is 2. The van der Waals surface area contributed by atoms with Gasteiger partial charge in [-0.1, -0.05) is 13.8 Å². The van der Waals surface area contributed by atoms with Crippen molar-refractivity contribution >= 4 is 11.9 Å². The van der Waals surface area contributed by atoms with Crippen molar-refractivity contribution in [3.05, 3.63) is 0 Å². The molecule has 0 unspecified atom stereocenters. The van der Waals surface area contributed by atoms with E-state index in [4.69, 9.17) is 0 Å². The molecule has 6 heteroatoms. The van der Waals surface area contributed by atoms with Crippen LogP contribution in [0.4, 0.5) is 11.9 Å². The molecule has 1 aromatic rings. The Kier molecular flexibility index (Phi) is 3.36. The molecule has 0 bridgehead atoms. The second kappa shape index (κ2) is 4.54. The van der Waals surface area contributed by atoms with Crippen molar-refractivity contribution in [2.75, 3.05) is 24.2 Å². The highest BCUT2D eigenvalue weighted by atomic mass is 15.4.